The van der Waals surface area contributed by atoms with Gasteiger partial charge in [0.1, 0.15) is 0 Å². The number of methoxy groups -OCH3 is 1. The van der Waals surface area contributed by atoms with Gasteiger partial charge >= 0.3 is 5.97 Å². The smallest absolute Gasteiger partial charge is 0.307 e. The van der Waals surface area contributed by atoms with Crippen molar-refractivity contribution >= 4 is 17.7 Å². The van der Waals surface area contributed by atoms with Crippen LogP contribution in [0.5, 0.6) is 0 Å². The molecule has 4 heteroatoms. The fraction of sp³-hybridized carbons (Fsp3) is 0.875. The van der Waals surface area contributed by atoms with Gasteiger partial charge in [0.05, 0.1) is 13.5 Å². The highest BCUT2D eigenvalue weighted by Crippen LogP contribution is 2.35. The molecule has 0 aliphatic carbocycles. The van der Waals surface area contributed by atoms with Gasteiger partial charge in [-0.05, 0) is 12.2 Å². The van der Waals surface area contributed by atoms with E-state index in [1.54, 1.807) is 0 Å². The van der Waals surface area contributed by atoms with E-state index in [2.05, 4.69) is 11.7 Å². The summed E-state index contributed by atoms with van der Waals surface area (Å²) in [5.41, 5.74) is 5.72. The van der Waals surface area contributed by atoms with Crippen LogP contribution in [0.1, 0.15) is 19.8 Å². The molecule has 0 bridgehead atoms. The van der Waals surface area contributed by atoms with Crippen molar-refractivity contribution in [3.05, 3.63) is 0 Å². The van der Waals surface area contributed by atoms with Crippen LogP contribution in [0.2, 0.25) is 0 Å². The van der Waals surface area contributed by atoms with E-state index in [-0.39, 0.29) is 11.5 Å². The quantitative estimate of drug-likeness (QED) is 0.652. The maximum atomic E-state index is 11.0. The molecule has 1 aliphatic rings. The minimum absolute atomic E-state index is 0.202. The maximum Gasteiger partial charge on any atom is 0.307 e. The molecule has 2 atom stereocenters. The molecule has 2 N–H and O–H groups in total. The third-order valence-corrected chi connectivity index (χ3v) is 3.86. The average molecular weight is 189 g/mol. The van der Waals surface area contributed by atoms with Crippen LogP contribution in [-0.2, 0) is 9.53 Å². The van der Waals surface area contributed by atoms with E-state index >= 15 is 0 Å². The van der Waals surface area contributed by atoms with E-state index in [1.807, 2.05) is 11.8 Å². The van der Waals surface area contributed by atoms with Crippen LogP contribution in [0.3, 0.4) is 0 Å². The Labute approximate surface area is 77.0 Å². The van der Waals surface area contributed by atoms with E-state index in [0.29, 0.717) is 11.7 Å². The number of nitrogens with two attached hydrogens (primary N) is 1. The predicted octanol–water partition coefficient (Wildman–Crippen LogP) is 0.772. The zero-order chi connectivity index (χ0) is 9.19. The Morgan fingerprint density at radius 2 is 2.50 bits per heavy atom. The summed E-state index contributed by atoms with van der Waals surface area (Å²) >= 11 is 1.82. The molecule has 0 radical (unpaired) electrons. The summed E-state index contributed by atoms with van der Waals surface area (Å²) in [6.45, 7) is 2.07. The minimum Gasteiger partial charge on any atom is -0.469 e. The molecule has 1 saturated heterocycles. The summed E-state index contributed by atoms with van der Waals surface area (Å²) in [6.07, 6.45) is 1.26. The molecule has 12 heavy (non-hydrogen) atoms. The van der Waals surface area contributed by atoms with Gasteiger partial charge in [-0.25, -0.2) is 0 Å². The van der Waals surface area contributed by atoms with Crippen LogP contribution in [0, 0.1) is 0 Å². The second-order valence-electron chi connectivity index (χ2n) is 3.25. The van der Waals surface area contributed by atoms with Crippen LogP contribution in [0.4, 0.5) is 0 Å². The molecule has 0 saturated carbocycles. The molecular formula is C8H15NO2S. The molecule has 0 spiro atoms. The lowest BCUT2D eigenvalue weighted by Crippen LogP contribution is -2.46. The monoisotopic (exact) mass is 189 g/mol. The summed E-state index contributed by atoms with van der Waals surface area (Å²) < 4.78 is 4.60. The summed E-state index contributed by atoms with van der Waals surface area (Å²) in [5, 5.41) is 0.358. The number of rotatable bonds is 2. The largest absolute Gasteiger partial charge is 0.469 e. The number of carbonyl (C=O) groups is 1. The zero-order valence-corrected chi connectivity index (χ0v) is 8.32. The first kappa shape index (κ1) is 9.86. The molecule has 70 valence electrons. The Bertz CT molecular complexity index is 186. The Hall–Kier alpha value is -0.220. The number of esters is 1. The van der Waals surface area contributed by atoms with E-state index in [4.69, 9.17) is 5.73 Å². The molecule has 1 aliphatic heterocycles. The van der Waals surface area contributed by atoms with Crippen LogP contribution in [0.25, 0.3) is 0 Å². The molecule has 0 aromatic carbocycles. The van der Waals surface area contributed by atoms with Crippen molar-refractivity contribution in [2.24, 2.45) is 5.73 Å². The lowest BCUT2D eigenvalue weighted by atomic mass is 9.90. The van der Waals surface area contributed by atoms with Crippen molar-refractivity contribution in [2.75, 3.05) is 12.9 Å². The SMILES string of the molecule is COC(=O)CC1(N)CCSC1C. The van der Waals surface area contributed by atoms with Gasteiger partial charge in [-0.15, -0.1) is 0 Å². The van der Waals surface area contributed by atoms with E-state index in [1.165, 1.54) is 7.11 Å². The van der Waals surface area contributed by atoms with E-state index < -0.39 is 0 Å². The topological polar surface area (TPSA) is 52.3 Å². The molecule has 0 aromatic heterocycles. The second-order valence-corrected chi connectivity index (χ2v) is 4.70. The first-order valence-electron chi connectivity index (χ1n) is 4.06. The maximum absolute atomic E-state index is 11.0. The molecule has 0 aromatic rings. The van der Waals surface area contributed by atoms with Gasteiger partial charge in [-0.3, -0.25) is 4.79 Å². The molecule has 3 nitrogen and oxygen atoms in total. The number of carbonyl (C=O) groups excluding carboxylic acids is 1. The predicted molar refractivity (Wildman–Crippen MR) is 50.1 cm³/mol. The van der Waals surface area contributed by atoms with Gasteiger partial charge in [-0.2, -0.15) is 11.8 Å². The van der Waals surface area contributed by atoms with Gasteiger partial charge in [0.2, 0.25) is 0 Å². The molecular weight excluding hydrogens is 174 g/mol. The third kappa shape index (κ3) is 1.93. The van der Waals surface area contributed by atoms with Crippen LogP contribution < -0.4 is 5.73 Å². The first-order valence-corrected chi connectivity index (χ1v) is 5.10. The Morgan fingerprint density at radius 1 is 1.83 bits per heavy atom. The minimum atomic E-state index is -0.336. The summed E-state index contributed by atoms with van der Waals surface area (Å²) in [5.74, 6) is 0.848. The fourth-order valence-electron chi connectivity index (χ4n) is 1.37. The Balaban J connectivity index is 2.53. The second kappa shape index (κ2) is 3.66. The van der Waals surface area contributed by atoms with E-state index in [0.717, 1.165) is 12.2 Å². The fourth-order valence-corrected chi connectivity index (χ4v) is 2.75. The highest BCUT2D eigenvalue weighted by Gasteiger charge is 2.39. The standard InChI is InChI=1S/C8H15NO2S/c1-6-8(9,3-4-12-6)5-7(10)11-2/h6H,3-5,9H2,1-2H3. The van der Waals surface area contributed by atoms with Gasteiger partial charge in [-0.1, -0.05) is 6.92 Å². The van der Waals surface area contributed by atoms with E-state index in [9.17, 15) is 4.79 Å². The van der Waals surface area contributed by atoms with Gasteiger partial charge in [0.15, 0.2) is 0 Å². The zero-order valence-electron chi connectivity index (χ0n) is 7.50. The summed E-state index contributed by atoms with van der Waals surface area (Å²) in [4.78, 5) is 11.0. The summed E-state index contributed by atoms with van der Waals surface area (Å²) in [6, 6.07) is 0. The number of thioether (sulfide) groups is 1. The van der Waals surface area contributed by atoms with Crippen LogP contribution >= 0.6 is 11.8 Å². The summed E-state index contributed by atoms with van der Waals surface area (Å²) in [7, 11) is 1.40. The number of hydrogen-bond donors (Lipinski definition) is 1. The average Bonchev–Trinajstić information content (AvgIpc) is 2.32. The molecule has 0 amide bonds. The molecule has 2 unspecified atom stereocenters. The lowest BCUT2D eigenvalue weighted by molar-refractivity contribution is -0.142. The van der Waals surface area contributed by atoms with Crippen molar-refractivity contribution in [3.8, 4) is 0 Å². The normalized spacial score (nSPS) is 35.1. The van der Waals surface area contributed by atoms with Gasteiger partial charge in [0.25, 0.3) is 0 Å². The molecule has 1 heterocycles. The molecule has 1 fully saturated rings. The highest BCUT2D eigenvalue weighted by atomic mass is 32.2. The van der Waals surface area contributed by atoms with Crippen molar-refractivity contribution < 1.29 is 9.53 Å². The van der Waals surface area contributed by atoms with Crippen molar-refractivity contribution in [3.63, 3.8) is 0 Å². The lowest BCUT2D eigenvalue weighted by Gasteiger charge is -2.26. The first-order chi connectivity index (χ1) is 5.58. The number of hydrogen-bond acceptors (Lipinski definition) is 4. The van der Waals surface area contributed by atoms with Crippen LogP contribution in [0.15, 0.2) is 0 Å². The highest BCUT2D eigenvalue weighted by molar-refractivity contribution is 8.00. The third-order valence-electron chi connectivity index (χ3n) is 2.45. The van der Waals surface area contributed by atoms with Crippen molar-refractivity contribution in [1.82, 2.24) is 0 Å². The van der Waals surface area contributed by atoms with Gasteiger partial charge < -0.3 is 10.5 Å². The number of ether oxygens (including phenoxy) is 1. The molecule has 1 rings (SSSR count). The van der Waals surface area contributed by atoms with Crippen molar-refractivity contribution in [2.45, 2.75) is 30.6 Å². The van der Waals surface area contributed by atoms with Crippen LogP contribution in [-0.4, -0.2) is 29.6 Å². The van der Waals surface area contributed by atoms with Gasteiger partial charge in [0, 0.05) is 10.8 Å². The Kier molecular flexibility index (Phi) is 3.01. The Morgan fingerprint density at radius 3 is 2.92 bits per heavy atom. The van der Waals surface area contributed by atoms with Crippen molar-refractivity contribution in [1.29, 1.82) is 0 Å².